The van der Waals surface area contributed by atoms with Crippen LogP contribution in [0.25, 0.3) is 0 Å². The Morgan fingerprint density at radius 3 is 2.52 bits per heavy atom. The third kappa shape index (κ3) is 4.75. The topological polar surface area (TPSA) is 82.1 Å². The Hall–Kier alpha value is -2.50. The van der Waals surface area contributed by atoms with Crippen molar-refractivity contribution in [1.29, 1.82) is 0 Å². The molecule has 138 valence electrons. The summed E-state index contributed by atoms with van der Waals surface area (Å²) in [6.07, 6.45) is 4.73. The fraction of sp³-hybridized carbons (Fsp3) is 0.474. The van der Waals surface area contributed by atoms with Crippen molar-refractivity contribution >= 4 is 12.4 Å². The van der Waals surface area contributed by atoms with E-state index in [2.05, 4.69) is 24.7 Å². The van der Waals surface area contributed by atoms with E-state index in [0.717, 1.165) is 24.0 Å². The van der Waals surface area contributed by atoms with Crippen LogP contribution in [0.15, 0.2) is 11.6 Å². The number of esters is 1. The first-order chi connectivity index (χ1) is 11.9. The highest BCUT2D eigenvalue weighted by molar-refractivity contribution is 5.98. The lowest BCUT2D eigenvalue weighted by Gasteiger charge is -2.15. The van der Waals surface area contributed by atoms with Crippen LogP contribution in [-0.4, -0.2) is 31.8 Å². The number of carbonyl (C=O) groups excluding carboxylic acids is 2. The Bertz CT molecular complexity index is 661. The molecule has 2 rings (SSSR count). The van der Waals surface area contributed by atoms with Gasteiger partial charge in [-0.2, -0.15) is 0 Å². The average Bonchev–Trinajstić information content (AvgIpc) is 2.99. The molecule has 6 heteroatoms. The molecule has 1 N–H and O–H groups in total. The molecule has 0 saturated heterocycles. The molecule has 0 radical (unpaired) electrons. The first-order valence-corrected chi connectivity index (χ1v) is 8.13. The highest BCUT2D eigenvalue weighted by Gasteiger charge is 2.31. The van der Waals surface area contributed by atoms with Gasteiger partial charge in [0.1, 0.15) is 23.7 Å². The zero-order chi connectivity index (χ0) is 19.0. The van der Waals surface area contributed by atoms with Crippen molar-refractivity contribution < 1.29 is 28.9 Å². The summed E-state index contributed by atoms with van der Waals surface area (Å²) in [5, 5.41) is 10.4. The van der Waals surface area contributed by atoms with Gasteiger partial charge < -0.3 is 19.3 Å². The molecule has 1 aromatic carbocycles. The summed E-state index contributed by atoms with van der Waals surface area (Å²) in [4.78, 5) is 20.7. The Balaban J connectivity index is 0.000000705. The number of hydrogen-bond acceptors (Lipinski definition) is 6. The van der Waals surface area contributed by atoms with Crippen LogP contribution >= 0.6 is 0 Å². The van der Waals surface area contributed by atoms with Crippen LogP contribution < -0.4 is 4.74 Å². The predicted molar refractivity (Wildman–Crippen MR) is 94.0 cm³/mol. The molecule has 0 saturated carbocycles. The second kappa shape index (κ2) is 9.71. The fourth-order valence-corrected chi connectivity index (χ4v) is 2.80. The molecular weight excluding hydrogens is 324 g/mol. The zero-order valence-corrected chi connectivity index (χ0v) is 15.5. The minimum atomic E-state index is -0.455. The van der Waals surface area contributed by atoms with Gasteiger partial charge in [-0.1, -0.05) is 25.0 Å². The molecule has 25 heavy (non-hydrogen) atoms. The molecule has 1 heterocycles. The van der Waals surface area contributed by atoms with Gasteiger partial charge in [0.15, 0.2) is 0 Å². The van der Waals surface area contributed by atoms with E-state index in [9.17, 15) is 9.90 Å². The SMILES string of the molecule is CCC/C(C)=C/Cc1c(O)c2c(c(C)c1OC)COC2=O.COC=O. The molecular formula is C19H26O6. The lowest BCUT2D eigenvalue weighted by atomic mass is 9.94. The lowest BCUT2D eigenvalue weighted by molar-refractivity contribution is -0.126. The van der Waals surface area contributed by atoms with E-state index in [0.29, 0.717) is 29.8 Å². The summed E-state index contributed by atoms with van der Waals surface area (Å²) in [6.45, 7) is 6.67. The molecule has 1 aliphatic heterocycles. The van der Waals surface area contributed by atoms with E-state index in [1.165, 1.54) is 12.7 Å². The van der Waals surface area contributed by atoms with Crippen molar-refractivity contribution in [1.82, 2.24) is 0 Å². The van der Waals surface area contributed by atoms with Crippen LogP contribution in [0.3, 0.4) is 0 Å². The van der Waals surface area contributed by atoms with Gasteiger partial charge in [-0.25, -0.2) is 4.79 Å². The molecule has 1 aliphatic rings. The van der Waals surface area contributed by atoms with E-state index in [1.807, 2.05) is 6.92 Å². The molecule has 0 aromatic heterocycles. The number of hydrogen-bond donors (Lipinski definition) is 1. The Kier molecular flexibility index (Phi) is 7.98. The summed E-state index contributed by atoms with van der Waals surface area (Å²) in [7, 11) is 2.89. The number of aromatic hydroxyl groups is 1. The standard InChI is InChI=1S/C17H22O4.C2H4O2/c1-5-6-10(2)7-8-12-15(18)14-13(9-21-17(14)19)11(3)16(12)20-4;1-4-2-3/h7,18H,5-6,8-9H2,1-4H3;2H,1H3/b10-7+;. The summed E-state index contributed by atoms with van der Waals surface area (Å²) < 4.78 is 14.3. The quantitative estimate of drug-likeness (QED) is 0.481. The number of allylic oxidation sites excluding steroid dienone is 2. The predicted octanol–water partition coefficient (Wildman–Crippen LogP) is 3.46. The molecule has 0 atom stereocenters. The van der Waals surface area contributed by atoms with Gasteiger partial charge in [0.25, 0.3) is 6.47 Å². The van der Waals surface area contributed by atoms with Crippen LogP contribution in [0.4, 0.5) is 0 Å². The van der Waals surface area contributed by atoms with Gasteiger partial charge in [-0.05, 0) is 32.3 Å². The minimum Gasteiger partial charge on any atom is -0.507 e. The average molecular weight is 350 g/mol. The lowest BCUT2D eigenvalue weighted by Crippen LogP contribution is -2.03. The summed E-state index contributed by atoms with van der Waals surface area (Å²) in [5.74, 6) is 0.185. The van der Waals surface area contributed by atoms with Crippen LogP contribution in [0, 0.1) is 6.92 Å². The highest BCUT2D eigenvalue weighted by Crippen LogP contribution is 2.41. The number of cyclic esters (lactones) is 1. The Morgan fingerprint density at radius 2 is 2.00 bits per heavy atom. The maximum Gasteiger partial charge on any atom is 0.342 e. The summed E-state index contributed by atoms with van der Waals surface area (Å²) in [6, 6.07) is 0. The number of phenols is 1. The normalized spacial score (nSPS) is 12.7. The maximum atomic E-state index is 11.8. The second-order valence-electron chi connectivity index (χ2n) is 5.75. The largest absolute Gasteiger partial charge is 0.507 e. The molecule has 0 bridgehead atoms. The molecule has 1 aromatic rings. The summed E-state index contributed by atoms with van der Waals surface area (Å²) in [5.41, 5.74) is 3.81. The maximum absolute atomic E-state index is 11.8. The van der Waals surface area contributed by atoms with Crippen LogP contribution in [0.1, 0.15) is 53.7 Å². The first kappa shape index (κ1) is 20.5. The molecule has 0 amide bonds. The van der Waals surface area contributed by atoms with Crippen molar-refractivity contribution in [3.05, 3.63) is 33.9 Å². The van der Waals surface area contributed by atoms with Crippen LogP contribution in [-0.2, 0) is 27.3 Å². The van der Waals surface area contributed by atoms with Crippen molar-refractivity contribution in [2.24, 2.45) is 0 Å². The number of benzene rings is 1. The third-order valence-corrected chi connectivity index (χ3v) is 4.04. The number of carbonyl (C=O) groups is 2. The van der Waals surface area contributed by atoms with E-state index in [-0.39, 0.29) is 12.4 Å². The third-order valence-electron chi connectivity index (χ3n) is 4.04. The van der Waals surface area contributed by atoms with Gasteiger partial charge in [-0.3, -0.25) is 4.79 Å². The zero-order valence-electron chi connectivity index (χ0n) is 15.5. The minimum absolute atomic E-state index is 0.00417. The van der Waals surface area contributed by atoms with Crippen molar-refractivity contribution in [2.75, 3.05) is 14.2 Å². The van der Waals surface area contributed by atoms with E-state index in [4.69, 9.17) is 14.3 Å². The molecule has 0 fully saturated rings. The van der Waals surface area contributed by atoms with Gasteiger partial charge in [-0.15, -0.1) is 0 Å². The number of methoxy groups -OCH3 is 2. The monoisotopic (exact) mass is 350 g/mol. The number of fused-ring (bicyclic) bond motifs is 1. The van der Waals surface area contributed by atoms with E-state index < -0.39 is 5.97 Å². The number of rotatable bonds is 6. The van der Waals surface area contributed by atoms with Crippen LogP contribution in [0.2, 0.25) is 0 Å². The smallest absolute Gasteiger partial charge is 0.342 e. The number of ether oxygens (including phenoxy) is 3. The molecule has 0 aliphatic carbocycles. The highest BCUT2D eigenvalue weighted by atomic mass is 16.5. The van der Waals surface area contributed by atoms with E-state index in [1.54, 1.807) is 7.11 Å². The van der Waals surface area contributed by atoms with Gasteiger partial charge in [0.05, 0.1) is 14.2 Å². The fourth-order valence-electron chi connectivity index (χ4n) is 2.80. The molecule has 0 unspecified atom stereocenters. The van der Waals surface area contributed by atoms with Gasteiger partial charge in [0.2, 0.25) is 0 Å². The number of phenolic OH excluding ortho intramolecular Hbond substituents is 1. The Labute approximate surface area is 148 Å². The van der Waals surface area contributed by atoms with Crippen molar-refractivity contribution in [2.45, 2.75) is 46.6 Å². The van der Waals surface area contributed by atoms with E-state index >= 15 is 0 Å². The first-order valence-electron chi connectivity index (χ1n) is 8.13. The molecule has 0 spiro atoms. The Morgan fingerprint density at radius 1 is 1.36 bits per heavy atom. The second-order valence-corrected chi connectivity index (χ2v) is 5.75. The van der Waals surface area contributed by atoms with Crippen molar-refractivity contribution in [3.63, 3.8) is 0 Å². The van der Waals surface area contributed by atoms with Crippen LogP contribution in [0.5, 0.6) is 11.5 Å². The molecule has 6 nitrogen and oxygen atoms in total. The van der Waals surface area contributed by atoms with Crippen molar-refractivity contribution in [3.8, 4) is 11.5 Å². The summed E-state index contributed by atoms with van der Waals surface area (Å²) >= 11 is 0. The van der Waals surface area contributed by atoms with Gasteiger partial charge in [0, 0.05) is 11.1 Å². The van der Waals surface area contributed by atoms with Gasteiger partial charge >= 0.3 is 5.97 Å².